The van der Waals surface area contributed by atoms with Gasteiger partial charge in [0.05, 0.1) is 5.38 Å². The third-order valence-corrected chi connectivity index (χ3v) is 3.72. The van der Waals surface area contributed by atoms with E-state index in [4.69, 9.17) is 23.2 Å². The second kappa shape index (κ2) is 5.57. The van der Waals surface area contributed by atoms with Crippen LogP contribution < -0.4 is 0 Å². The standard InChI is InChI=1S/C15H14Cl2/c1-11-6-5-9-13(15(11)17)14(16)10-12-7-3-2-4-8-12/h2-9,14H,10H2,1H3. The molecule has 1 atom stereocenters. The summed E-state index contributed by atoms with van der Waals surface area (Å²) in [7, 11) is 0. The Labute approximate surface area is 112 Å². The van der Waals surface area contributed by atoms with Crippen molar-refractivity contribution in [1.82, 2.24) is 0 Å². The van der Waals surface area contributed by atoms with E-state index >= 15 is 0 Å². The summed E-state index contributed by atoms with van der Waals surface area (Å²) in [5, 5.41) is 0.702. The van der Waals surface area contributed by atoms with E-state index in [0.717, 1.165) is 22.6 Å². The molecule has 0 aliphatic rings. The Morgan fingerprint density at radius 2 is 1.71 bits per heavy atom. The lowest BCUT2D eigenvalue weighted by Crippen LogP contribution is -1.97. The molecule has 0 bridgehead atoms. The van der Waals surface area contributed by atoms with Crippen molar-refractivity contribution in [3.05, 3.63) is 70.2 Å². The van der Waals surface area contributed by atoms with Crippen LogP contribution in [-0.2, 0) is 6.42 Å². The Balaban J connectivity index is 2.20. The molecule has 2 aromatic carbocycles. The molecule has 0 saturated heterocycles. The molecule has 0 spiro atoms. The second-order valence-electron chi connectivity index (χ2n) is 4.14. The maximum Gasteiger partial charge on any atom is 0.0640 e. The van der Waals surface area contributed by atoms with Gasteiger partial charge in [-0.15, -0.1) is 11.6 Å². The number of hydrogen-bond acceptors (Lipinski definition) is 0. The fraction of sp³-hybridized carbons (Fsp3) is 0.200. The van der Waals surface area contributed by atoms with E-state index in [9.17, 15) is 0 Å². The fourth-order valence-corrected chi connectivity index (χ4v) is 2.52. The van der Waals surface area contributed by atoms with Gasteiger partial charge in [0.25, 0.3) is 0 Å². The quantitative estimate of drug-likeness (QED) is 0.671. The molecular weight excluding hydrogens is 251 g/mol. The average molecular weight is 265 g/mol. The van der Waals surface area contributed by atoms with Gasteiger partial charge in [-0.05, 0) is 30.0 Å². The molecule has 0 aliphatic heterocycles. The minimum Gasteiger partial charge on any atom is -0.117 e. The van der Waals surface area contributed by atoms with Crippen molar-refractivity contribution in [2.45, 2.75) is 18.7 Å². The van der Waals surface area contributed by atoms with Crippen LogP contribution in [0.3, 0.4) is 0 Å². The zero-order chi connectivity index (χ0) is 12.3. The molecule has 0 radical (unpaired) electrons. The second-order valence-corrected chi connectivity index (χ2v) is 5.04. The molecule has 0 fully saturated rings. The van der Waals surface area contributed by atoms with Gasteiger partial charge in [0.1, 0.15) is 0 Å². The predicted octanol–water partition coefficient (Wildman–Crippen LogP) is 5.17. The van der Waals surface area contributed by atoms with Crippen LogP contribution in [0.2, 0.25) is 5.02 Å². The summed E-state index contributed by atoms with van der Waals surface area (Å²) in [5.74, 6) is 0. The Morgan fingerprint density at radius 3 is 2.41 bits per heavy atom. The normalized spacial score (nSPS) is 12.4. The summed E-state index contributed by atoms with van der Waals surface area (Å²) >= 11 is 12.7. The number of alkyl halides is 1. The van der Waals surface area contributed by atoms with Crippen molar-refractivity contribution in [3.8, 4) is 0 Å². The van der Waals surface area contributed by atoms with E-state index in [-0.39, 0.29) is 5.38 Å². The van der Waals surface area contributed by atoms with Crippen LogP contribution in [-0.4, -0.2) is 0 Å². The summed E-state index contributed by atoms with van der Waals surface area (Å²) in [4.78, 5) is 0. The van der Waals surface area contributed by atoms with Crippen LogP contribution in [0.1, 0.15) is 22.1 Å². The number of benzene rings is 2. The van der Waals surface area contributed by atoms with Gasteiger partial charge in [0.2, 0.25) is 0 Å². The van der Waals surface area contributed by atoms with Crippen LogP contribution in [0.25, 0.3) is 0 Å². The molecule has 2 aromatic rings. The van der Waals surface area contributed by atoms with E-state index in [2.05, 4.69) is 12.1 Å². The third-order valence-electron chi connectivity index (χ3n) is 2.82. The Hall–Kier alpha value is -0.980. The zero-order valence-electron chi connectivity index (χ0n) is 9.66. The molecule has 17 heavy (non-hydrogen) atoms. The molecule has 0 nitrogen and oxygen atoms in total. The highest BCUT2D eigenvalue weighted by atomic mass is 35.5. The van der Waals surface area contributed by atoms with Crippen LogP contribution in [0.15, 0.2) is 48.5 Å². The van der Waals surface area contributed by atoms with Crippen LogP contribution >= 0.6 is 23.2 Å². The maximum absolute atomic E-state index is 6.43. The Morgan fingerprint density at radius 1 is 1.00 bits per heavy atom. The maximum atomic E-state index is 6.43. The van der Waals surface area contributed by atoms with Gasteiger partial charge in [-0.2, -0.15) is 0 Å². The van der Waals surface area contributed by atoms with Crippen molar-refractivity contribution in [3.63, 3.8) is 0 Å². The zero-order valence-corrected chi connectivity index (χ0v) is 11.2. The predicted molar refractivity (Wildman–Crippen MR) is 74.9 cm³/mol. The topological polar surface area (TPSA) is 0 Å². The molecule has 0 saturated carbocycles. The van der Waals surface area contributed by atoms with Crippen molar-refractivity contribution >= 4 is 23.2 Å². The number of halogens is 2. The highest BCUT2D eigenvalue weighted by molar-refractivity contribution is 6.33. The SMILES string of the molecule is Cc1cccc(C(Cl)Cc2ccccc2)c1Cl. The summed E-state index contributed by atoms with van der Waals surface area (Å²) in [6.07, 6.45) is 0.797. The third kappa shape index (κ3) is 3.02. The number of rotatable bonds is 3. The van der Waals surface area contributed by atoms with Gasteiger partial charge >= 0.3 is 0 Å². The van der Waals surface area contributed by atoms with Gasteiger partial charge in [0, 0.05) is 5.02 Å². The van der Waals surface area contributed by atoms with E-state index in [1.807, 2.05) is 43.3 Å². The molecular formula is C15H14Cl2. The molecule has 0 aromatic heterocycles. The molecule has 0 amide bonds. The molecule has 1 unspecified atom stereocenters. The molecule has 2 rings (SSSR count). The largest absolute Gasteiger partial charge is 0.117 e. The minimum atomic E-state index is -0.0789. The number of hydrogen-bond donors (Lipinski definition) is 0. The minimum absolute atomic E-state index is 0.0789. The monoisotopic (exact) mass is 264 g/mol. The van der Waals surface area contributed by atoms with E-state index < -0.39 is 0 Å². The van der Waals surface area contributed by atoms with E-state index in [1.165, 1.54) is 5.56 Å². The lowest BCUT2D eigenvalue weighted by molar-refractivity contribution is 0.918. The first-order valence-corrected chi connectivity index (χ1v) is 6.43. The van der Waals surface area contributed by atoms with E-state index in [0.29, 0.717) is 0 Å². The van der Waals surface area contributed by atoms with Gasteiger partial charge in [0.15, 0.2) is 0 Å². The summed E-state index contributed by atoms with van der Waals surface area (Å²) < 4.78 is 0. The van der Waals surface area contributed by atoms with Crippen molar-refractivity contribution in [2.24, 2.45) is 0 Å². The smallest absolute Gasteiger partial charge is 0.0640 e. The average Bonchev–Trinajstić information content (AvgIpc) is 2.34. The number of aryl methyl sites for hydroxylation is 1. The van der Waals surface area contributed by atoms with E-state index in [1.54, 1.807) is 0 Å². The van der Waals surface area contributed by atoms with Crippen molar-refractivity contribution in [2.75, 3.05) is 0 Å². The summed E-state index contributed by atoms with van der Waals surface area (Å²) in [6.45, 7) is 2.00. The van der Waals surface area contributed by atoms with Gasteiger partial charge in [-0.3, -0.25) is 0 Å². The molecule has 0 heterocycles. The lowest BCUT2D eigenvalue weighted by atomic mass is 10.0. The highest BCUT2D eigenvalue weighted by Crippen LogP contribution is 2.32. The molecule has 2 heteroatoms. The lowest BCUT2D eigenvalue weighted by Gasteiger charge is -2.13. The first kappa shape index (κ1) is 12.5. The molecule has 0 aliphatic carbocycles. The van der Waals surface area contributed by atoms with Crippen molar-refractivity contribution < 1.29 is 0 Å². The Kier molecular flexibility index (Phi) is 4.09. The summed E-state index contributed by atoms with van der Waals surface area (Å²) in [6, 6.07) is 16.2. The summed E-state index contributed by atoms with van der Waals surface area (Å²) in [5.41, 5.74) is 3.31. The first-order valence-electron chi connectivity index (χ1n) is 5.61. The molecule has 88 valence electrons. The first-order chi connectivity index (χ1) is 8.18. The fourth-order valence-electron chi connectivity index (χ4n) is 1.84. The van der Waals surface area contributed by atoms with Gasteiger partial charge < -0.3 is 0 Å². The highest BCUT2D eigenvalue weighted by Gasteiger charge is 2.13. The van der Waals surface area contributed by atoms with Crippen LogP contribution in [0.5, 0.6) is 0 Å². The Bertz CT molecular complexity index is 492. The van der Waals surface area contributed by atoms with Crippen molar-refractivity contribution in [1.29, 1.82) is 0 Å². The van der Waals surface area contributed by atoms with Crippen LogP contribution in [0, 0.1) is 6.92 Å². The van der Waals surface area contributed by atoms with Gasteiger partial charge in [-0.25, -0.2) is 0 Å². The van der Waals surface area contributed by atoms with Crippen LogP contribution in [0.4, 0.5) is 0 Å². The molecule has 0 N–H and O–H groups in total. The van der Waals surface area contributed by atoms with Gasteiger partial charge in [-0.1, -0.05) is 60.1 Å².